The highest BCUT2D eigenvalue weighted by atomic mass is 79.9. The molecular formula is C19H24BrN3O2. The minimum atomic E-state index is 0.0563. The highest BCUT2D eigenvalue weighted by Gasteiger charge is 2.07. The molecule has 0 saturated heterocycles. The molecule has 0 radical (unpaired) electrons. The van der Waals surface area contributed by atoms with Gasteiger partial charge in [-0.1, -0.05) is 32.6 Å². The molecule has 2 aromatic rings. The van der Waals surface area contributed by atoms with Crippen molar-refractivity contribution in [3.8, 4) is 11.8 Å². The van der Waals surface area contributed by atoms with Crippen molar-refractivity contribution >= 4 is 27.5 Å². The number of hydrogen-bond acceptors (Lipinski definition) is 4. The third-order valence-electron chi connectivity index (χ3n) is 3.76. The quantitative estimate of drug-likeness (QED) is 0.548. The Kier molecular flexibility index (Phi) is 7.85. The van der Waals surface area contributed by atoms with E-state index in [1.54, 1.807) is 12.4 Å². The number of carbonyl (C=O) groups excluding carboxylic acids is 1. The average Bonchev–Trinajstić information content (AvgIpc) is 2.59. The van der Waals surface area contributed by atoms with Gasteiger partial charge in [0, 0.05) is 24.5 Å². The maximum Gasteiger partial charge on any atom is 0.321 e. The number of aryl methyl sites for hydroxylation is 1. The summed E-state index contributed by atoms with van der Waals surface area (Å²) in [7, 11) is 0. The second-order valence-corrected chi connectivity index (χ2v) is 6.89. The Morgan fingerprint density at radius 2 is 1.88 bits per heavy atom. The molecule has 0 unspecified atom stereocenters. The monoisotopic (exact) mass is 405 g/mol. The van der Waals surface area contributed by atoms with E-state index in [-0.39, 0.29) is 11.9 Å². The Bertz CT molecular complexity index is 690. The van der Waals surface area contributed by atoms with Crippen LogP contribution in [0.25, 0.3) is 0 Å². The molecule has 6 heteroatoms. The van der Waals surface area contributed by atoms with E-state index in [9.17, 15) is 4.79 Å². The number of rotatable bonds is 9. The second-order valence-electron chi connectivity index (χ2n) is 5.98. The number of nitrogens with one attached hydrogen (secondary N) is 1. The molecule has 1 N–H and O–H groups in total. The summed E-state index contributed by atoms with van der Waals surface area (Å²) >= 11 is 3.29. The maximum atomic E-state index is 12.0. The van der Waals surface area contributed by atoms with E-state index in [0.29, 0.717) is 12.2 Å². The van der Waals surface area contributed by atoms with Gasteiger partial charge in [0.2, 0.25) is 5.91 Å². The SMILES string of the molecule is CCCCCCCC(=O)Nc1ccc(Oc2ncc(Br)cn2)c(C)c1. The van der Waals surface area contributed by atoms with Gasteiger partial charge >= 0.3 is 6.01 Å². The molecule has 0 aliphatic rings. The fourth-order valence-corrected chi connectivity index (χ4v) is 2.61. The summed E-state index contributed by atoms with van der Waals surface area (Å²) in [6.45, 7) is 4.11. The molecule has 25 heavy (non-hydrogen) atoms. The predicted molar refractivity (Wildman–Crippen MR) is 103 cm³/mol. The molecule has 1 amide bonds. The van der Waals surface area contributed by atoms with E-state index in [1.807, 2.05) is 25.1 Å². The highest BCUT2D eigenvalue weighted by Crippen LogP contribution is 2.25. The minimum Gasteiger partial charge on any atom is -0.424 e. The van der Waals surface area contributed by atoms with Gasteiger partial charge in [0.1, 0.15) is 5.75 Å². The molecule has 0 fully saturated rings. The van der Waals surface area contributed by atoms with Crippen LogP contribution in [-0.2, 0) is 4.79 Å². The van der Waals surface area contributed by atoms with Gasteiger partial charge in [-0.25, -0.2) is 9.97 Å². The first kappa shape index (κ1) is 19.4. The summed E-state index contributed by atoms with van der Waals surface area (Å²) in [5.41, 5.74) is 1.69. The van der Waals surface area contributed by atoms with Gasteiger partial charge in [-0.2, -0.15) is 0 Å². The Balaban J connectivity index is 1.86. The molecule has 134 valence electrons. The minimum absolute atomic E-state index is 0.0563. The average molecular weight is 406 g/mol. The lowest BCUT2D eigenvalue weighted by atomic mass is 10.1. The zero-order chi connectivity index (χ0) is 18.1. The van der Waals surface area contributed by atoms with Crippen LogP contribution in [0.1, 0.15) is 51.0 Å². The molecule has 5 nitrogen and oxygen atoms in total. The van der Waals surface area contributed by atoms with Crippen molar-refractivity contribution < 1.29 is 9.53 Å². The number of unbranched alkanes of at least 4 members (excludes halogenated alkanes) is 4. The second kappa shape index (κ2) is 10.1. The van der Waals surface area contributed by atoms with E-state index in [0.717, 1.165) is 28.6 Å². The van der Waals surface area contributed by atoms with Gasteiger partial charge in [0.15, 0.2) is 0 Å². The topological polar surface area (TPSA) is 64.1 Å². The molecular weight excluding hydrogens is 382 g/mol. The number of aromatic nitrogens is 2. The molecule has 0 saturated carbocycles. The van der Waals surface area contributed by atoms with Crippen LogP contribution >= 0.6 is 15.9 Å². The molecule has 0 bridgehead atoms. The van der Waals surface area contributed by atoms with Gasteiger partial charge in [-0.05, 0) is 53.0 Å². The van der Waals surface area contributed by atoms with Crippen molar-refractivity contribution in [2.75, 3.05) is 5.32 Å². The lowest BCUT2D eigenvalue weighted by molar-refractivity contribution is -0.116. The number of ether oxygens (including phenoxy) is 1. The number of anilines is 1. The van der Waals surface area contributed by atoms with Gasteiger partial charge in [-0.3, -0.25) is 4.79 Å². The lowest BCUT2D eigenvalue weighted by Crippen LogP contribution is -2.11. The summed E-state index contributed by atoms with van der Waals surface area (Å²) in [4.78, 5) is 20.2. The molecule has 0 spiro atoms. The van der Waals surface area contributed by atoms with E-state index in [2.05, 4.69) is 38.1 Å². The van der Waals surface area contributed by atoms with Crippen LogP contribution in [0.15, 0.2) is 35.1 Å². The lowest BCUT2D eigenvalue weighted by Gasteiger charge is -2.10. The van der Waals surface area contributed by atoms with Gasteiger partial charge in [0.05, 0.1) is 4.47 Å². The first-order valence-corrected chi connectivity index (χ1v) is 9.43. The van der Waals surface area contributed by atoms with E-state index < -0.39 is 0 Å². The van der Waals surface area contributed by atoms with E-state index in [4.69, 9.17) is 4.74 Å². The third-order valence-corrected chi connectivity index (χ3v) is 4.17. The van der Waals surface area contributed by atoms with Crippen molar-refractivity contribution in [2.24, 2.45) is 0 Å². The van der Waals surface area contributed by atoms with Crippen LogP contribution in [0.3, 0.4) is 0 Å². The number of halogens is 1. The summed E-state index contributed by atoms with van der Waals surface area (Å²) in [6, 6.07) is 5.83. The summed E-state index contributed by atoms with van der Waals surface area (Å²) in [6.07, 6.45) is 9.53. The first-order valence-electron chi connectivity index (χ1n) is 8.64. The number of carbonyl (C=O) groups is 1. The zero-order valence-electron chi connectivity index (χ0n) is 14.7. The summed E-state index contributed by atoms with van der Waals surface area (Å²) in [5.74, 6) is 0.723. The van der Waals surface area contributed by atoms with Crippen molar-refractivity contribution in [2.45, 2.75) is 52.4 Å². The molecule has 0 aliphatic heterocycles. The van der Waals surface area contributed by atoms with Gasteiger partial charge in [0.25, 0.3) is 0 Å². The molecule has 1 heterocycles. The van der Waals surface area contributed by atoms with Crippen molar-refractivity contribution in [1.82, 2.24) is 9.97 Å². The third kappa shape index (κ3) is 6.82. The van der Waals surface area contributed by atoms with Crippen LogP contribution in [0.4, 0.5) is 5.69 Å². The highest BCUT2D eigenvalue weighted by molar-refractivity contribution is 9.10. The van der Waals surface area contributed by atoms with Crippen LogP contribution in [0.5, 0.6) is 11.8 Å². The standard InChI is InChI=1S/C19H24BrN3O2/c1-3-4-5-6-7-8-18(24)23-16-9-10-17(14(2)11-16)25-19-21-12-15(20)13-22-19/h9-13H,3-8H2,1-2H3,(H,23,24). The van der Waals surface area contributed by atoms with Crippen LogP contribution in [0.2, 0.25) is 0 Å². The molecule has 0 aliphatic carbocycles. The maximum absolute atomic E-state index is 12.0. The summed E-state index contributed by atoms with van der Waals surface area (Å²) in [5, 5.41) is 2.94. The number of hydrogen-bond donors (Lipinski definition) is 1. The zero-order valence-corrected chi connectivity index (χ0v) is 16.3. The predicted octanol–water partition coefficient (Wildman–Crippen LogP) is 5.64. The van der Waals surface area contributed by atoms with E-state index >= 15 is 0 Å². The van der Waals surface area contributed by atoms with Crippen LogP contribution < -0.4 is 10.1 Å². The normalized spacial score (nSPS) is 10.5. The van der Waals surface area contributed by atoms with Crippen LogP contribution in [0, 0.1) is 6.92 Å². The Morgan fingerprint density at radius 1 is 1.16 bits per heavy atom. The summed E-state index contributed by atoms with van der Waals surface area (Å²) < 4.78 is 6.47. The Morgan fingerprint density at radius 3 is 2.56 bits per heavy atom. The van der Waals surface area contributed by atoms with Gasteiger partial charge < -0.3 is 10.1 Å². The van der Waals surface area contributed by atoms with Gasteiger partial charge in [-0.15, -0.1) is 0 Å². The van der Waals surface area contributed by atoms with Crippen molar-refractivity contribution in [3.63, 3.8) is 0 Å². The Hall–Kier alpha value is -1.95. The molecule has 2 rings (SSSR count). The first-order chi connectivity index (χ1) is 12.1. The fourth-order valence-electron chi connectivity index (χ4n) is 2.41. The number of nitrogens with zero attached hydrogens (tertiary/aromatic N) is 2. The van der Waals surface area contributed by atoms with Crippen molar-refractivity contribution in [1.29, 1.82) is 0 Å². The largest absolute Gasteiger partial charge is 0.424 e. The molecule has 1 aromatic carbocycles. The van der Waals surface area contributed by atoms with E-state index in [1.165, 1.54) is 19.3 Å². The van der Waals surface area contributed by atoms with Crippen LogP contribution in [-0.4, -0.2) is 15.9 Å². The number of benzene rings is 1. The van der Waals surface area contributed by atoms with Crippen molar-refractivity contribution in [3.05, 3.63) is 40.6 Å². The molecule has 0 atom stereocenters. The fraction of sp³-hybridized carbons (Fsp3) is 0.421. The Labute approximate surface area is 157 Å². The number of amides is 1. The smallest absolute Gasteiger partial charge is 0.321 e. The molecule has 1 aromatic heterocycles.